The molecule has 0 aliphatic carbocycles. The fourth-order valence-corrected chi connectivity index (χ4v) is 4.19. The molecule has 5 rings (SSSR count). The summed E-state index contributed by atoms with van der Waals surface area (Å²) in [6, 6.07) is 7.24. The Kier molecular flexibility index (Phi) is 5.47. The molecule has 2 atom stereocenters. The number of morpholine rings is 1. The van der Waals surface area contributed by atoms with Crippen molar-refractivity contribution in [3.8, 4) is 11.3 Å². The van der Waals surface area contributed by atoms with Gasteiger partial charge in [-0.1, -0.05) is 0 Å². The molecule has 9 nitrogen and oxygen atoms in total. The molecule has 1 N–H and O–H groups in total. The number of pyridine rings is 3. The number of fused-ring (bicyclic) bond motifs is 1. The smallest absolute Gasteiger partial charge is 0.256 e. The summed E-state index contributed by atoms with van der Waals surface area (Å²) in [5.74, 6) is 1.03. The van der Waals surface area contributed by atoms with E-state index < -0.39 is 0 Å². The SMILES string of the molecule is C[C@@H]1CN(c2nc(NC(=O)c3ccncc3)cc3cc(-c4cnn(C)c4)ncc23)C[C@H](C)O1. The van der Waals surface area contributed by atoms with E-state index in [0.717, 1.165) is 27.8 Å². The number of hydrogen-bond donors (Lipinski definition) is 1. The Morgan fingerprint density at radius 1 is 1.12 bits per heavy atom. The summed E-state index contributed by atoms with van der Waals surface area (Å²) in [6.45, 7) is 5.52. The van der Waals surface area contributed by atoms with Gasteiger partial charge >= 0.3 is 0 Å². The Labute approximate surface area is 191 Å². The highest BCUT2D eigenvalue weighted by molar-refractivity contribution is 6.05. The third-order valence-corrected chi connectivity index (χ3v) is 5.60. The van der Waals surface area contributed by atoms with Gasteiger partial charge < -0.3 is 15.0 Å². The quantitative estimate of drug-likeness (QED) is 0.517. The topological polar surface area (TPSA) is 98.1 Å². The van der Waals surface area contributed by atoms with Crippen LogP contribution in [0.1, 0.15) is 24.2 Å². The molecule has 168 valence electrons. The maximum Gasteiger partial charge on any atom is 0.256 e. The highest BCUT2D eigenvalue weighted by Gasteiger charge is 2.25. The summed E-state index contributed by atoms with van der Waals surface area (Å²) >= 11 is 0. The Hall–Kier alpha value is -3.85. The molecule has 9 heteroatoms. The second kappa shape index (κ2) is 8.59. The van der Waals surface area contributed by atoms with Gasteiger partial charge in [0.25, 0.3) is 5.91 Å². The Morgan fingerprint density at radius 3 is 2.58 bits per heavy atom. The van der Waals surface area contributed by atoms with Crippen LogP contribution in [0, 0.1) is 0 Å². The van der Waals surface area contributed by atoms with Crippen molar-refractivity contribution in [3.63, 3.8) is 0 Å². The maximum atomic E-state index is 12.8. The zero-order valence-electron chi connectivity index (χ0n) is 18.8. The molecular formula is C24H25N7O2. The Morgan fingerprint density at radius 2 is 1.88 bits per heavy atom. The van der Waals surface area contributed by atoms with Crippen LogP contribution in [0.2, 0.25) is 0 Å². The van der Waals surface area contributed by atoms with E-state index in [0.29, 0.717) is 24.5 Å². The number of ether oxygens (including phenoxy) is 1. The van der Waals surface area contributed by atoms with Crippen molar-refractivity contribution >= 4 is 28.3 Å². The molecule has 4 aromatic rings. The molecule has 1 aliphatic heterocycles. The van der Waals surface area contributed by atoms with E-state index in [1.165, 1.54) is 0 Å². The molecule has 1 amide bonds. The van der Waals surface area contributed by atoms with E-state index in [1.807, 2.05) is 31.6 Å². The molecule has 0 bridgehead atoms. The van der Waals surface area contributed by atoms with E-state index in [9.17, 15) is 4.79 Å². The third kappa shape index (κ3) is 4.40. The lowest BCUT2D eigenvalue weighted by Gasteiger charge is -2.36. The molecule has 0 unspecified atom stereocenters. The van der Waals surface area contributed by atoms with Gasteiger partial charge in [-0.25, -0.2) is 4.98 Å². The van der Waals surface area contributed by atoms with E-state index >= 15 is 0 Å². The third-order valence-electron chi connectivity index (χ3n) is 5.60. The first-order valence-corrected chi connectivity index (χ1v) is 10.9. The van der Waals surface area contributed by atoms with Gasteiger partial charge in [0.2, 0.25) is 0 Å². The van der Waals surface area contributed by atoms with Crippen LogP contribution in [0.15, 0.2) is 55.2 Å². The highest BCUT2D eigenvalue weighted by Crippen LogP contribution is 2.32. The van der Waals surface area contributed by atoms with E-state index in [2.05, 4.69) is 39.1 Å². The molecule has 5 heterocycles. The largest absolute Gasteiger partial charge is 0.372 e. The molecule has 1 aliphatic rings. The number of hydrogen-bond acceptors (Lipinski definition) is 7. The Balaban J connectivity index is 1.59. The molecule has 0 saturated carbocycles. The van der Waals surface area contributed by atoms with Gasteiger partial charge in [0.15, 0.2) is 0 Å². The molecule has 1 fully saturated rings. The summed E-state index contributed by atoms with van der Waals surface area (Å²) < 4.78 is 7.66. The zero-order valence-corrected chi connectivity index (χ0v) is 18.8. The predicted octanol–water partition coefficient (Wildman–Crippen LogP) is 3.29. The average molecular weight is 444 g/mol. The number of amides is 1. The van der Waals surface area contributed by atoms with E-state index in [1.54, 1.807) is 35.4 Å². The number of nitrogens with one attached hydrogen (secondary N) is 1. The number of rotatable bonds is 4. The number of carbonyl (C=O) groups is 1. The van der Waals surface area contributed by atoms with Crippen molar-refractivity contribution in [2.75, 3.05) is 23.3 Å². The standard InChI is InChI=1S/C24H25N7O2/c1-15-12-31(13-16(2)33-15)23-20-11-26-21(19-10-27-30(3)14-19)8-18(20)9-22(28-23)29-24(32)17-4-6-25-7-5-17/h4-11,14-16H,12-13H2,1-3H3,(H,28,29,32)/t15-,16+. The number of anilines is 2. The van der Waals surface area contributed by atoms with Crippen LogP contribution >= 0.6 is 0 Å². The summed E-state index contributed by atoms with van der Waals surface area (Å²) in [6.07, 6.45) is 8.89. The van der Waals surface area contributed by atoms with Crippen molar-refractivity contribution in [1.29, 1.82) is 0 Å². The molecule has 4 aromatic heterocycles. The molecule has 0 radical (unpaired) electrons. The van der Waals surface area contributed by atoms with Gasteiger partial charge in [0.05, 0.1) is 24.1 Å². The number of aromatic nitrogens is 5. The van der Waals surface area contributed by atoms with Crippen molar-refractivity contribution in [3.05, 3.63) is 60.8 Å². The monoisotopic (exact) mass is 443 g/mol. The summed E-state index contributed by atoms with van der Waals surface area (Å²) in [7, 11) is 1.88. The van der Waals surface area contributed by atoms with Crippen LogP contribution in [-0.2, 0) is 11.8 Å². The second-order valence-corrected chi connectivity index (χ2v) is 8.38. The van der Waals surface area contributed by atoms with Gasteiger partial charge in [-0.05, 0) is 43.5 Å². The first-order valence-electron chi connectivity index (χ1n) is 10.9. The van der Waals surface area contributed by atoms with Crippen LogP contribution in [-0.4, -0.2) is 55.9 Å². The molecule has 33 heavy (non-hydrogen) atoms. The first kappa shape index (κ1) is 21.0. The fourth-order valence-electron chi connectivity index (χ4n) is 4.19. The zero-order chi connectivity index (χ0) is 22.9. The predicted molar refractivity (Wildman–Crippen MR) is 126 cm³/mol. The highest BCUT2D eigenvalue weighted by atomic mass is 16.5. The van der Waals surface area contributed by atoms with Crippen molar-refractivity contribution < 1.29 is 9.53 Å². The first-order chi connectivity index (χ1) is 16.0. The van der Waals surface area contributed by atoms with Gasteiger partial charge in [-0.2, -0.15) is 5.10 Å². The van der Waals surface area contributed by atoms with Gasteiger partial charge in [-0.15, -0.1) is 0 Å². The van der Waals surface area contributed by atoms with Crippen molar-refractivity contribution in [2.45, 2.75) is 26.1 Å². The van der Waals surface area contributed by atoms with E-state index in [-0.39, 0.29) is 18.1 Å². The van der Waals surface area contributed by atoms with Gasteiger partial charge in [0.1, 0.15) is 11.6 Å². The van der Waals surface area contributed by atoms with Crippen LogP contribution in [0.4, 0.5) is 11.6 Å². The summed E-state index contributed by atoms with van der Waals surface area (Å²) in [4.78, 5) is 28.5. The molecule has 0 spiro atoms. The number of nitrogens with zero attached hydrogens (tertiary/aromatic N) is 6. The lowest BCUT2D eigenvalue weighted by atomic mass is 10.1. The molecular weight excluding hydrogens is 418 g/mol. The Bertz CT molecular complexity index is 1290. The minimum atomic E-state index is -0.236. The summed E-state index contributed by atoms with van der Waals surface area (Å²) in [5.41, 5.74) is 2.25. The fraction of sp³-hybridized carbons (Fsp3) is 0.292. The van der Waals surface area contributed by atoms with Crippen LogP contribution < -0.4 is 10.2 Å². The normalized spacial score (nSPS) is 18.5. The van der Waals surface area contributed by atoms with Crippen molar-refractivity contribution in [2.24, 2.45) is 7.05 Å². The molecule has 1 saturated heterocycles. The average Bonchev–Trinajstić information content (AvgIpc) is 3.24. The van der Waals surface area contributed by atoms with Crippen LogP contribution in [0.3, 0.4) is 0 Å². The van der Waals surface area contributed by atoms with Gasteiger partial charge in [0, 0.05) is 61.4 Å². The van der Waals surface area contributed by atoms with E-state index in [4.69, 9.17) is 9.72 Å². The maximum absolute atomic E-state index is 12.8. The van der Waals surface area contributed by atoms with Crippen molar-refractivity contribution in [1.82, 2.24) is 24.7 Å². The lowest BCUT2D eigenvalue weighted by molar-refractivity contribution is -0.00536. The minimum absolute atomic E-state index is 0.0725. The molecule has 0 aromatic carbocycles. The number of aryl methyl sites for hydroxylation is 1. The van der Waals surface area contributed by atoms with Crippen LogP contribution in [0.25, 0.3) is 22.0 Å². The minimum Gasteiger partial charge on any atom is -0.372 e. The number of carbonyl (C=O) groups excluding carboxylic acids is 1. The van der Waals surface area contributed by atoms with Crippen LogP contribution in [0.5, 0.6) is 0 Å². The van der Waals surface area contributed by atoms with Gasteiger partial charge in [-0.3, -0.25) is 19.4 Å². The lowest BCUT2D eigenvalue weighted by Crippen LogP contribution is -2.46. The summed E-state index contributed by atoms with van der Waals surface area (Å²) in [5, 5.41) is 9.05. The second-order valence-electron chi connectivity index (χ2n) is 8.38.